The Hall–Kier alpha value is -2.70. The van der Waals surface area contributed by atoms with Crippen LogP contribution in [0.4, 0.5) is 19.1 Å². The lowest BCUT2D eigenvalue weighted by Crippen LogP contribution is -2.52. The van der Waals surface area contributed by atoms with Gasteiger partial charge in [-0.3, -0.25) is 14.2 Å². The number of nitrogens with one attached hydrogen (secondary N) is 1. The molecule has 2 fully saturated rings. The molecule has 1 N–H and O–H groups in total. The van der Waals surface area contributed by atoms with E-state index in [9.17, 15) is 13.2 Å². The highest BCUT2D eigenvalue weighted by Gasteiger charge is 2.37. The molecule has 2 aliphatic heterocycles. The highest BCUT2D eigenvalue weighted by Crippen LogP contribution is 2.36. The second-order valence-electron chi connectivity index (χ2n) is 10.9. The minimum Gasteiger partial charge on any atom is -0.351 e. The molecule has 2 saturated heterocycles. The van der Waals surface area contributed by atoms with Crippen molar-refractivity contribution in [1.82, 2.24) is 33.7 Å². The van der Waals surface area contributed by atoms with Gasteiger partial charge in [0, 0.05) is 51.2 Å². The molecule has 0 amide bonds. The van der Waals surface area contributed by atoms with Crippen LogP contribution in [-0.2, 0) is 12.7 Å². The molecule has 8 nitrogen and oxygen atoms in total. The van der Waals surface area contributed by atoms with Crippen molar-refractivity contribution in [3.05, 3.63) is 47.8 Å². The Morgan fingerprint density at radius 3 is 2.47 bits per heavy atom. The molecule has 0 aromatic carbocycles. The molecule has 0 aliphatic carbocycles. The van der Waals surface area contributed by atoms with E-state index in [1.807, 2.05) is 25.3 Å². The summed E-state index contributed by atoms with van der Waals surface area (Å²) >= 11 is 1.70. The number of alkyl halides is 3. The largest absolute Gasteiger partial charge is 0.420 e. The Labute approximate surface area is 225 Å². The van der Waals surface area contributed by atoms with Gasteiger partial charge in [-0.15, -0.1) is 0 Å². The first kappa shape index (κ1) is 26.9. The fraction of sp³-hybridized carbons (Fsp3) is 0.538. The van der Waals surface area contributed by atoms with Crippen LogP contribution < -0.4 is 5.32 Å². The van der Waals surface area contributed by atoms with Gasteiger partial charge in [-0.2, -0.15) is 13.2 Å². The third-order valence-electron chi connectivity index (χ3n) is 7.05. The molecule has 0 unspecified atom stereocenters. The van der Waals surface area contributed by atoms with Crippen molar-refractivity contribution in [2.75, 3.05) is 37.8 Å². The highest BCUT2D eigenvalue weighted by atomic mass is 32.2. The molecule has 2 aliphatic rings. The SMILES string of the molecule is CSN1CCC(Nc2ncc(C(F)(F)F)c(-c3cn(-c4ccc(CN5CC(C)(C)C5)nc4C)cn3)n2)CC1. The van der Waals surface area contributed by atoms with Crippen LogP contribution in [0.1, 0.15) is 43.6 Å². The molecule has 0 radical (unpaired) electrons. The van der Waals surface area contributed by atoms with Crippen LogP contribution in [0, 0.1) is 12.3 Å². The van der Waals surface area contributed by atoms with Gasteiger partial charge in [0.05, 0.1) is 17.1 Å². The molecule has 0 spiro atoms. The van der Waals surface area contributed by atoms with Crippen LogP contribution >= 0.6 is 11.9 Å². The van der Waals surface area contributed by atoms with Gasteiger partial charge in [0.2, 0.25) is 5.95 Å². The summed E-state index contributed by atoms with van der Waals surface area (Å²) in [5.41, 5.74) is 1.84. The number of nitrogens with zero attached hydrogens (tertiary/aromatic N) is 7. The van der Waals surface area contributed by atoms with Crippen molar-refractivity contribution in [3.8, 4) is 17.1 Å². The molecule has 5 rings (SSSR count). The maximum atomic E-state index is 13.9. The van der Waals surface area contributed by atoms with Gasteiger partial charge in [-0.1, -0.05) is 25.8 Å². The Balaban J connectivity index is 1.36. The van der Waals surface area contributed by atoms with Crippen molar-refractivity contribution < 1.29 is 13.2 Å². The Bertz CT molecular complexity index is 1280. The average Bonchev–Trinajstić information content (AvgIpc) is 3.33. The van der Waals surface area contributed by atoms with Crippen molar-refractivity contribution in [3.63, 3.8) is 0 Å². The van der Waals surface area contributed by atoms with Crippen LogP contribution in [0.2, 0.25) is 0 Å². The zero-order chi connectivity index (χ0) is 27.1. The lowest BCUT2D eigenvalue weighted by Gasteiger charge is -2.45. The Kier molecular flexibility index (Phi) is 7.40. The number of halogens is 3. The number of hydrogen-bond donors (Lipinski definition) is 1. The summed E-state index contributed by atoms with van der Waals surface area (Å²) in [6, 6.07) is 4.01. The first-order chi connectivity index (χ1) is 18.0. The van der Waals surface area contributed by atoms with Gasteiger partial charge in [0.25, 0.3) is 0 Å². The molecular formula is C26H33F3N8S. The smallest absolute Gasteiger partial charge is 0.351 e. The number of anilines is 1. The van der Waals surface area contributed by atoms with E-state index in [0.29, 0.717) is 5.41 Å². The second kappa shape index (κ2) is 10.5. The summed E-state index contributed by atoms with van der Waals surface area (Å²) in [6.07, 6.45) is 3.09. The van der Waals surface area contributed by atoms with Gasteiger partial charge in [0.15, 0.2) is 0 Å². The number of hydrogen-bond acceptors (Lipinski definition) is 8. The summed E-state index contributed by atoms with van der Waals surface area (Å²) in [5, 5.41) is 3.22. The van der Waals surface area contributed by atoms with Gasteiger partial charge in [0.1, 0.15) is 23.3 Å². The van der Waals surface area contributed by atoms with Crippen LogP contribution in [0.25, 0.3) is 17.1 Å². The zero-order valence-corrected chi connectivity index (χ0v) is 22.9. The number of aryl methyl sites for hydroxylation is 1. The van der Waals surface area contributed by atoms with E-state index in [4.69, 9.17) is 4.98 Å². The van der Waals surface area contributed by atoms with Crippen molar-refractivity contribution in [1.29, 1.82) is 0 Å². The number of piperidine rings is 1. The van der Waals surface area contributed by atoms with Gasteiger partial charge < -0.3 is 9.88 Å². The van der Waals surface area contributed by atoms with Crippen LogP contribution in [0.3, 0.4) is 0 Å². The summed E-state index contributed by atoms with van der Waals surface area (Å²) < 4.78 is 45.6. The van der Waals surface area contributed by atoms with Crippen LogP contribution in [0.5, 0.6) is 0 Å². The lowest BCUT2D eigenvalue weighted by atomic mass is 9.84. The van der Waals surface area contributed by atoms with Gasteiger partial charge in [-0.05, 0) is 43.6 Å². The Morgan fingerprint density at radius 2 is 1.84 bits per heavy atom. The minimum atomic E-state index is -4.61. The first-order valence-electron chi connectivity index (χ1n) is 12.7. The van der Waals surface area contributed by atoms with Crippen LogP contribution in [0.15, 0.2) is 30.9 Å². The van der Waals surface area contributed by atoms with E-state index >= 15 is 0 Å². The topological polar surface area (TPSA) is 75.0 Å². The number of imidazole rings is 1. The fourth-order valence-electron chi connectivity index (χ4n) is 5.27. The standard InChI is InChI=1S/C26H33F3N8S/c1-17-22(6-5-19(32-17)12-35-14-25(2,3)15-35)36-13-21(31-16-36)23-20(26(27,28)29)11-30-24(34-23)33-18-7-9-37(38-4)10-8-18/h5-6,11,13,16,18H,7-10,12,14-15H2,1-4H3,(H,30,33,34). The molecule has 3 aromatic heterocycles. The maximum absolute atomic E-state index is 13.9. The quantitative estimate of drug-likeness (QED) is 0.413. The fourth-order valence-corrected chi connectivity index (χ4v) is 5.84. The summed E-state index contributed by atoms with van der Waals surface area (Å²) in [7, 11) is 0. The van der Waals surface area contributed by atoms with E-state index in [1.165, 1.54) is 6.33 Å². The van der Waals surface area contributed by atoms with E-state index in [1.54, 1.807) is 22.7 Å². The highest BCUT2D eigenvalue weighted by molar-refractivity contribution is 7.96. The summed E-state index contributed by atoms with van der Waals surface area (Å²) in [6.45, 7) is 11.0. The number of rotatable bonds is 7. The third kappa shape index (κ3) is 5.97. The molecule has 12 heteroatoms. The summed E-state index contributed by atoms with van der Waals surface area (Å²) in [4.78, 5) is 19.7. The van der Waals surface area contributed by atoms with E-state index in [2.05, 4.69) is 43.3 Å². The molecule has 3 aromatic rings. The first-order valence-corrected chi connectivity index (χ1v) is 13.9. The van der Waals surface area contributed by atoms with E-state index in [-0.39, 0.29) is 23.4 Å². The molecule has 0 atom stereocenters. The molecule has 204 valence electrons. The van der Waals surface area contributed by atoms with Crippen molar-refractivity contribution in [2.24, 2.45) is 5.41 Å². The number of pyridine rings is 1. The molecule has 0 bridgehead atoms. The molecule has 0 saturated carbocycles. The van der Waals surface area contributed by atoms with Crippen molar-refractivity contribution in [2.45, 2.75) is 52.4 Å². The predicted octanol–water partition coefficient (Wildman–Crippen LogP) is 5.05. The van der Waals surface area contributed by atoms with Gasteiger partial charge >= 0.3 is 6.18 Å². The monoisotopic (exact) mass is 546 g/mol. The van der Waals surface area contributed by atoms with Crippen molar-refractivity contribution >= 4 is 17.9 Å². The molecule has 38 heavy (non-hydrogen) atoms. The third-order valence-corrected chi connectivity index (χ3v) is 7.93. The second-order valence-corrected chi connectivity index (χ2v) is 11.7. The Morgan fingerprint density at radius 1 is 1.11 bits per heavy atom. The minimum absolute atomic E-state index is 0.107. The normalized spacial score (nSPS) is 18.9. The van der Waals surface area contributed by atoms with E-state index < -0.39 is 11.7 Å². The summed E-state index contributed by atoms with van der Waals surface area (Å²) in [5.74, 6) is 0.182. The van der Waals surface area contributed by atoms with E-state index in [0.717, 1.165) is 68.8 Å². The molecule has 5 heterocycles. The predicted molar refractivity (Wildman–Crippen MR) is 143 cm³/mol. The zero-order valence-electron chi connectivity index (χ0n) is 22.1. The number of aromatic nitrogens is 5. The lowest BCUT2D eigenvalue weighted by molar-refractivity contribution is -0.137. The van der Waals surface area contributed by atoms with Gasteiger partial charge in [-0.25, -0.2) is 15.0 Å². The number of likely N-dealkylation sites (tertiary alicyclic amines) is 1. The average molecular weight is 547 g/mol. The maximum Gasteiger partial charge on any atom is 0.420 e. The van der Waals surface area contributed by atoms with Crippen LogP contribution in [-0.4, -0.2) is 72.2 Å². The molecular weight excluding hydrogens is 513 g/mol.